The van der Waals surface area contributed by atoms with E-state index in [4.69, 9.17) is 4.74 Å². The zero-order valence-electron chi connectivity index (χ0n) is 11.5. The number of ether oxygens (including phenoxy) is 1. The Morgan fingerprint density at radius 1 is 1.29 bits per heavy atom. The fourth-order valence-corrected chi connectivity index (χ4v) is 1.90. The molecule has 0 saturated carbocycles. The lowest BCUT2D eigenvalue weighted by Gasteiger charge is -2.13. The van der Waals surface area contributed by atoms with Gasteiger partial charge >= 0.3 is 0 Å². The molecule has 0 bridgehead atoms. The largest absolute Gasteiger partial charge is 0.493 e. The molecule has 2 heteroatoms. The van der Waals surface area contributed by atoms with Crippen molar-refractivity contribution in [2.45, 2.75) is 46.6 Å². The van der Waals surface area contributed by atoms with Crippen LogP contribution in [0.4, 0.5) is 0 Å². The van der Waals surface area contributed by atoms with Gasteiger partial charge in [-0.1, -0.05) is 19.1 Å². The summed E-state index contributed by atoms with van der Waals surface area (Å²) in [4.78, 5) is 0. The lowest BCUT2D eigenvalue weighted by atomic mass is 10.1. The first-order valence-electron chi connectivity index (χ1n) is 6.57. The molecule has 2 nitrogen and oxygen atoms in total. The second-order valence-electron chi connectivity index (χ2n) is 4.65. The van der Waals surface area contributed by atoms with E-state index in [9.17, 15) is 0 Å². The third-order valence-corrected chi connectivity index (χ3v) is 3.15. The number of nitrogens with one attached hydrogen (secondary N) is 1. The second-order valence-corrected chi connectivity index (χ2v) is 4.65. The molecule has 0 aliphatic carbocycles. The molecule has 0 spiro atoms. The Morgan fingerprint density at radius 2 is 2.06 bits per heavy atom. The van der Waals surface area contributed by atoms with Gasteiger partial charge in [0, 0.05) is 6.04 Å². The van der Waals surface area contributed by atoms with Gasteiger partial charge in [0.05, 0.1) is 6.61 Å². The maximum Gasteiger partial charge on any atom is 0.122 e. The van der Waals surface area contributed by atoms with E-state index in [1.807, 2.05) is 0 Å². The van der Waals surface area contributed by atoms with Crippen LogP contribution in [0.25, 0.3) is 0 Å². The topological polar surface area (TPSA) is 21.3 Å². The van der Waals surface area contributed by atoms with Gasteiger partial charge in [-0.25, -0.2) is 0 Å². The van der Waals surface area contributed by atoms with Gasteiger partial charge in [0.15, 0.2) is 0 Å². The number of aryl methyl sites for hydroxylation is 1. The molecule has 0 aromatic heterocycles. The van der Waals surface area contributed by atoms with Crippen molar-refractivity contribution in [3.05, 3.63) is 29.3 Å². The lowest BCUT2D eigenvalue weighted by Crippen LogP contribution is -2.25. The molecule has 0 saturated heterocycles. The average molecular weight is 235 g/mol. The normalized spacial score (nSPS) is 12.5. The highest BCUT2D eigenvalue weighted by atomic mass is 16.5. The van der Waals surface area contributed by atoms with Crippen molar-refractivity contribution in [3.63, 3.8) is 0 Å². The average Bonchev–Trinajstić information content (AvgIpc) is 2.30. The van der Waals surface area contributed by atoms with Crippen LogP contribution in [0, 0.1) is 13.8 Å². The van der Waals surface area contributed by atoms with Crippen LogP contribution >= 0.6 is 0 Å². The van der Waals surface area contributed by atoms with Gasteiger partial charge in [-0.15, -0.1) is 0 Å². The van der Waals surface area contributed by atoms with Crippen molar-refractivity contribution in [2.75, 3.05) is 13.2 Å². The van der Waals surface area contributed by atoms with Gasteiger partial charge in [-0.2, -0.15) is 0 Å². The predicted molar refractivity (Wildman–Crippen MR) is 73.8 cm³/mol. The Morgan fingerprint density at radius 3 is 2.76 bits per heavy atom. The highest BCUT2D eigenvalue weighted by molar-refractivity contribution is 5.38. The Labute approximate surface area is 105 Å². The number of hydrogen-bond acceptors (Lipinski definition) is 2. The van der Waals surface area contributed by atoms with Gasteiger partial charge in [0.1, 0.15) is 5.75 Å². The van der Waals surface area contributed by atoms with Crippen LogP contribution < -0.4 is 10.1 Å². The van der Waals surface area contributed by atoms with Crippen molar-refractivity contribution >= 4 is 0 Å². The quantitative estimate of drug-likeness (QED) is 0.731. The standard InChI is InChI=1S/C15H25NO/c1-5-16-13(3)9-7-11-17-15-10-6-8-12(2)14(15)4/h6,8,10,13,16H,5,7,9,11H2,1-4H3. The van der Waals surface area contributed by atoms with Crippen LogP contribution in [-0.2, 0) is 0 Å². The van der Waals surface area contributed by atoms with E-state index in [1.165, 1.54) is 17.5 Å². The molecule has 1 aromatic carbocycles. The van der Waals surface area contributed by atoms with Crippen molar-refractivity contribution in [2.24, 2.45) is 0 Å². The minimum absolute atomic E-state index is 0.585. The molecule has 96 valence electrons. The molecule has 1 N–H and O–H groups in total. The second kappa shape index (κ2) is 7.33. The number of hydrogen-bond donors (Lipinski definition) is 1. The van der Waals surface area contributed by atoms with Gasteiger partial charge in [-0.05, 0) is 57.4 Å². The van der Waals surface area contributed by atoms with Gasteiger partial charge in [0.2, 0.25) is 0 Å². The van der Waals surface area contributed by atoms with E-state index in [0.29, 0.717) is 6.04 Å². The monoisotopic (exact) mass is 235 g/mol. The molecule has 0 aliphatic heterocycles. The molecule has 0 aliphatic rings. The summed E-state index contributed by atoms with van der Waals surface area (Å²) < 4.78 is 5.82. The van der Waals surface area contributed by atoms with Crippen LogP contribution in [-0.4, -0.2) is 19.2 Å². The smallest absolute Gasteiger partial charge is 0.122 e. The highest BCUT2D eigenvalue weighted by Gasteiger charge is 2.02. The minimum atomic E-state index is 0.585. The lowest BCUT2D eigenvalue weighted by molar-refractivity contribution is 0.296. The number of rotatable bonds is 7. The third-order valence-electron chi connectivity index (χ3n) is 3.15. The SMILES string of the molecule is CCNC(C)CCCOc1cccc(C)c1C. The van der Waals surface area contributed by atoms with E-state index in [1.54, 1.807) is 0 Å². The summed E-state index contributed by atoms with van der Waals surface area (Å²) in [6.07, 6.45) is 2.26. The van der Waals surface area contributed by atoms with Gasteiger partial charge in [0.25, 0.3) is 0 Å². The van der Waals surface area contributed by atoms with E-state index >= 15 is 0 Å². The molecule has 0 radical (unpaired) electrons. The molecule has 17 heavy (non-hydrogen) atoms. The fraction of sp³-hybridized carbons (Fsp3) is 0.600. The van der Waals surface area contributed by atoms with Gasteiger partial charge < -0.3 is 10.1 Å². The van der Waals surface area contributed by atoms with Gasteiger partial charge in [-0.3, -0.25) is 0 Å². The van der Waals surface area contributed by atoms with Crippen molar-refractivity contribution < 1.29 is 4.74 Å². The van der Waals surface area contributed by atoms with Crippen LogP contribution in [0.2, 0.25) is 0 Å². The minimum Gasteiger partial charge on any atom is -0.493 e. The zero-order valence-corrected chi connectivity index (χ0v) is 11.5. The molecular weight excluding hydrogens is 210 g/mol. The molecule has 1 aromatic rings. The van der Waals surface area contributed by atoms with Crippen molar-refractivity contribution in [1.82, 2.24) is 5.32 Å². The van der Waals surface area contributed by atoms with E-state index in [-0.39, 0.29) is 0 Å². The first kappa shape index (κ1) is 14.0. The highest BCUT2D eigenvalue weighted by Crippen LogP contribution is 2.20. The summed E-state index contributed by atoms with van der Waals surface area (Å²) in [6.45, 7) is 10.4. The van der Waals surface area contributed by atoms with Crippen LogP contribution in [0.5, 0.6) is 5.75 Å². The molecule has 0 fully saturated rings. The maximum absolute atomic E-state index is 5.82. The molecule has 0 heterocycles. The fourth-order valence-electron chi connectivity index (χ4n) is 1.90. The van der Waals surface area contributed by atoms with E-state index < -0.39 is 0 Å². The van der Waals surface area contributed by atoms with Crippen molar-refractivity contribution in [3.8, 4) is 5.75 Å². The first-order chi connectivity index (χ1) is 8.15. The number of benzene rings is 1. The Bertz CT molecular complexity index is 336. The van der Waals surface area contributed by atoms with E-state index in [2.05, 4.69) is 51.2 Å². The predicted octanol–water partition coefficient (Wildman–Crippen LogP) is 3.46. The maximum atomic E-state index is 5.82. The summed E-state index contributed by atoms with van der Waals surface area (Å²) in [7, 11) is 0. The first-order valence-corrected chi connectivity index (χ1v) is 6.57. The molecule has 1 atom stereocenters. The van der Waals surface area contributed by atoms with Crippen LogP contribution in [0.15, 0.2) is 18.2 Å². The molecule has 1 rings (SSSR count). The summed E-state index contributed by atoms with van der Waals surface area (Å²) in [5.74, 6) is 1.03. The van der Waals surface area contributed by atoms with Crippen LogP contribution in [0.3, 0.4) is 0 Å². The third kappa shape index (κ3) is 4.78. The summed E-state index contributed by atoms with van der Waals surface area (Å²) >= 11 is 0. The summed E-state index contributed by atoms with van der Waals surface area (Å²) in [6, 6.07) is 6.81. The zero-order chi connectivity index (χ0) is 12.7. The molecular formula is C15H25NO. The Hall–Kier alpha value is -1.02. The Balaban J connectivity index is 2.29. The van der Waals surface area contributed by atoms with Crippen LogP contribution in [0.1, 0.15) is 37.8 Å². The van der Waals surface area contributed by atoms with E-state index in [0.717, 1.165) is 25.3 Å². The summed E-state index contributed by atoms with van der Waals surface area (Å²) in [5.41, 5.74) is 2.55. The van der Waals surface area contributed by atoms with Crippen molar-refractivity contribution in [1.29, 1.82) is 0 Å². The molecule has 0 amide bonds. The Kier molecular flexibility index (Phi) is 6.06. The summed E-state index contributed by atoms with van der Waals surface area (Å²) in [5, 5.41) is 3.41. The molecule has 1 unspecified atom stereocenters.